The SMILES string of the molecule is COc1ccc(NC(=O)C2CC(=O)N(c3n[nH]c4cccc(F)c34)C2)cn1. The third-order valence-corrected chi connectivity index (χ3v) is 4.48. The first-order valence-electron chi connectivity index (χ1n) is 8.30. The third kappa shape index (κ3) is 3.07. The second kappa shape index (κ2) is 6.67. The molecule has 1 aliphatic rings. The first-order chi connectivity index (χ1) is 13.1. The number of halogens is 1. The van der Waals surface area contributed by atoms with Crippen molar-refractivity contribution >= 4 is 34.2 Å². The fraction of sp³-hybridized carbons (Fsp3) is 0.222. The number of hydrogen-bond donors (Lipinski definition) is 2. The average molecular weight is 369 g/mol. The molecule has 2 N–H and O–H groups in total. The molecule has 1 unspecified atom stereocenters. The highest BCUT2D eigenvalue weighted by molar-refractivity contribution is 6.07. The molecular weight excluding hydrogens is 353 g/mol. The van der Waals surface area contributed by atoms with Crippen LogP contribution in [0.25, 0.3) is 10.9 Å². The lowest BCUT2D eigenvalue weighted by Gasteiger charge is -2.14. The lowest BCUT2D eigenvalue weighted by atomic mass is 10.1. The number of aromatic nitrogens is 3. The Balaban J connectivity index is 1.52. The lowest BCUT2D eigenvalue weighted by Crippen LogP contribution is -2.28. The van der Waals surface area contributed by atoms with E-state index in [1.165, 1.54) is 24.3 Å². The lowest BCUT2D eigenvalue weighted by molar-refractivity contribution is -0.122. The molecule has 1 saturated heterocycles. The topological polar surface area (TPSA) is 100 Å². The highest BCUT2D eigenvalue weighted by Gasteiger charge is 2.37. The van der Waals surface area contributed by atoms with E-state index in [9.17, 15) is 14.0 Å². The third-order valence-electron chi connectivity index (χ3n) is 4.48. The Morgan fingerprint density at radius 1 is 1.37 bits per heavy atom. The molecule has 0 saturated carbocycles. The molecule has 138 valence electrons. The summed E-state index contributed by atoms with van der Waals surface area (Å²) >= 11 is 0. The van der Waals surface area contributed by atoms with Crippen LogP contribution in [0, 0.1) is 11.7 Å². The van der Waals surface area contributed by atoms with Crippen LogP contribution in [0.15, 0.2) is 36.5 Å². The van der Waals surface area contributed by atoms with Gasteiger partial charge in [0.2, 0.25) is 17.7 Å². The standard InChI is InChI=1S/C18H16FN5O3/c1-27-14-6-5-11(8-20-14)21-18(26)10-7-15(25)24(9-10)17-16-12(19)3-2-4-13(16)22-23-17/h2-6,8,10H,7,9H2,1H3,(H,21,26)(H,22,23). The molecule has 3 aromatic rings. The molecule has 8 nitrogen and oxygen atoms in total. The van der Waals surface area contributed by atoms with Gasteiger partial charge in [-0.3, -0.25) is 19.6 Å². The predicted molar refractivity (Wildman–Crippen MR) is 95.9 cm³/mol. The maximum atomic E-state index is 14.2. The Hall–Kier alpha value is -3.49. The van der Waals surface area contributed by atoms with E-state index in [2.05, 4.69) is 20.5 Å². The molecule has 1 aliphatic heterocycles. The molecule has 2 amide bonds. The Morgan fingerprint density at radius 2 is 2.22 bits per heavy atom. The minimum Gasteiger partial charge on any atom is -0.481 e. The van der Waals surface area contributed by atoms with Crippen LogP contribution in [0.4, 0.5) is 15.9 Å². The zero-order chi connectivity index (χ0) is 19.0. The van der Waals surface area contributed by atoms with Crippen LogP contribution >= 0.6 is 0 Å². The Bertz CT molecular complexity index is 1020. The van der Waals surface area contributed by atoms with Gasteiger partial charge in [0, 0.05) is 19.0 Å². The van der Waals surface area contributed by atoms with Crippen molar-refractivity contribution in [2.24, 2.45) is 5.92 Å². The molecule has 27 heavy (non-hydrogen) atoms. The summed E-state index contributed by atoms with van der Waals surface area (Å²) in [5.41, 5.74) is 0.998. The van der Waals surface area contributed by atoms with Crippen molar-refractivity contribution in [1.82, 2.24) is 15.2 Å². The largest absolute Gasteiger partial charge is 0.481 e. The van der Waals surface area contributed by atoms with Crippen LogP contribution in [0.1, 0.15) is 6.42 Å². The molecule has 0 bridgehead atoms. The van der Waals surface area contributed by atoms with Gasteiger partial charge in [-0.15, -0.1) is 0 Å². The normalized spacial score (nSPS) is 16.7. The van der Waals surface area contributed by atoms with Gasteiger partial charge in [-0.25, -0.2) is 9.37 Å². The summed E-state index contributed by atoms with van der Waals surface area (Å²) in [6, 6.07) is 7.83. The molecule has 0 radical (unpaired) electrons. The van der Waals surface area contributed by atoms with E-state index in [-0.39, 0.29) is 36.0 Å². The van der Waals surface area contributed by atoms with Crippen molar-refractivity contribution in [2.45, 2.75) is 6.42 Å². The number of nitrogens with one attached hydrogen (secondary N) is 2. The highest BCUT2D eigenvalue weighted by Crippen LogP contribution is 2.31. The summed E-state index contributed by atoms with van der Waals surface area (Å²) in [6.45, 7) is 0.128. The van der Waals surface area contributed by atoms with Gasteiger partial charge in [-0.2, -0.15) is 5.10 Å². The number of amides is 2. The zero-order valence-electron chi connectivity index (χ0n) is 14.4. The van der Waals surface area contributed by atoms with Gasteiger partial charge in [-0.1, -0.05) is 6.07 Å². The Labute approximate surface area is 153 Å². The number of pyridine rings is 1. The van der Waals surface area contributed by atoms with Crippen LogP contribution in [-0.2, 0) is 9.59 Å². The van der Waals surface area contributed by atoms with E-state index in [1.807, 2.05) is 0 Å². The van der Waals surface area contributed by atoms with Crippen LogP contribution in [0.3, 0.4) is 0 Å². The molecule has 0 spiro atoms. The summed E-state index contributed by atoms with van der Waals surface area (Å²) in [5, 5.41) is 9.76. The van der Waals surface area contributed by atoms with Crippen LogP contribution < -0.4 is 15.0 Å². The van der Waals surface area contributed by atoms with Crippen molar-refractivity contribution in [2.75, 3.05) is 23.9 Å². The van der Waals surface area contributed by atoms with E-state index >= 15 is 0 Å². The summed E-state index contributed by atoms with van der Waals surface area (Å²) < 4.78 is 19.1. The van der Waals surface area contributed by atoms with Gasteiger partial charge in [0.05, 0.1) is 35.8 Å². The highest BCUT2D eigenvalue weighted by atomic mass is 19.1. The number of methoxy groups -OCH3 is 1. The van der Waals surface area contributed by atoms with E-state index in [0.29, 0.717) is 17.1 Å². The summed E-state index contributed by atoms with van der Waals surface area (Å²) in [5.74, 6) is -0.991. The number of hydrogen-bond acceptors (Lipinski definition) is 5. The molecule has 1 aromatic carbocycles. The molecule has 9 heteroatoms. The zero-order valence-corrected chi connectivity index (χ0v) is 14.4. The number of carbonyl (C=O) groups is 2. The fourth-order valence-electron chi connectivity index (χ4n) is 3.12. The first kappa shape index (κ1) is 17.0. The number of nitrogens with zero attached hydrogens (tertiary/aromatic N) is 3. The maximum Gasteiger partial charge on any atom is 0.229 e. The molecule has 0 aliphatic carbocycles. The quantitative estimate of drug-likeness (QED) is 0.734. The maximum absolute atomic E-state index is 14.2. The number of fused-ring (bicyclic) bond motifs is 1. The number of aromatic amines is 1. The van der Waals surface area contributed by atoms with Crippen LogP contribution in [-0.4, -0.2) is 40.7 Å². The number of H-pyrrole nitrogens is 1. The van der Waals surface area contributed by atoms with Gasteiger partial charge in [0.25, 0.3) is 0 Å². The van der Waals surface area contributed by atoms with Gasteiger partial charge >= 0.3 is 0 Å². The average Bonchev–Trinajstić information content (AvgIpc) is 3.26. The first-order valence-corrected chi connectivity index (χ1v) is 8.30. The van der Waals surface area contributed by atoms with Crippen LogP contribution in [0.2, 0.25) is 0 Å². The van der Waals surface area contributed by atoms with Crippen molar-refractivity contribution < 1.29 is 18.7 Å². The number of anilines is 2. The minimum absolute atomic E-state index is 0.0260. The smallest absolute Gasteiger partial charge is 0.229 e. The monoisotopic (exact) mass is 369 g/mol. The van der Waals surface area contributed by atoms with E-state index in [4.69, 9.17) is 4.74 Å². The van der Waals surface area contributed by atoms with E-state index < -0.39 is 11.7 Å². The number of ether oxygens (including phenoxy) is 1. The molecule has 1 fully saturated rings. The van der Waals surface area contributed by atoms with Gasteiger partial charge < -0.3 is 10.1 Å². The molecule has 3 heterocycles. The predicted octanol–water partition coefficient (Wildman–Crippen LogP) is 2.10. The molecular formula is C18H16FN5O3. The number of carbonyl (C=O) groups excluding carboxylic acids is 2. The van der Waals surface area contributed by atoms with Gasteiger partial charge in [0.1, 0.15) is 5.82 Å². The minimum atomic E-state index is -0.571. The summed E-state index contributed by atoms with van der Waals surface area (Å²) in [6.07, 6.45) is 1.50. The number of rotatable bonds is 4. The summed E-state index contributed by atoms with van der Waals surface area (Å²) in [4.78, 5) is 30.3. The van der Waals surface area contributed by atoms with Gasteiger partial charge in [-0.05, 0) is 18.2 Å². The summed E-state index contributed by atoms with van der Waals surface area (Å²) in [7, 11) is 1.50. The van der Waals surface area contributed by atoms with Crippen molar-refractivity contribution in [1.29, 1.82) is 0 Å². The fourth-order valence-corrected chi connectivity index (χ4v) is 3.12. The molecule has 1 atom stereocenters. The second-order valence-corrected chi connectivity index (χ2v) is 6.19. The van der Waals surface area contributed by atoms with Crippen molar-refractivity contribution in [3.8, 4) is 5.88 Å². The van der Waals surface area contributed by atoms with Crippen molar-refractivity contribution in [3.05, 3.63) is 42.3 Å². The second-order valence-electron chi connectivity index (χ2n) is 6.19. The van der Waals surface area contributed by atoms with Gasteiger partial charge in [0.15, 0.2) is 5.82 Å². The van der Waals surface area contributed by atoms with Crippen LogP contribution in [0.5, 0.6) is 5.88 Å². The Kier molecular flexibility index (Phi) is 4.19. The van der Waals surface area contributed by atoms with E-state index in [1.54, 1.807) is 24.3 Å². The molecule has 2 aromatic heterocycles. The van der Waals surface area contributed by atoms with Crippen molar-refractivity contribution in [3.63, 3.8) is 0 Å². The Morgan fingerprint density at radius 3 is 2.96 bits per heavy atom. The molecule has 4 rings (SSSR count). The number of benzene rings is 1. The van der Waals surface area contributed by atoms with E-state index in [0.717, 1.165) is 0 Å².